The molecule has 0 spiro atoms. The SMILES string of the molecule is Bc1cccc2c(CCNC(=O)c3cc4cc(Cl)ccc4[nH]3)c(C)[nH]c12. The summed E-state index contributed by atoms with van der Waals surface area (Å²) in [5.74, 6) is -0.106. The van der Waals surface area contributed by atoms with Gasteiger partial charge in [0.05, 0.1) is 0 Å². The van der Waals surface area contributed by atoms with Gasteiger partial charge >= 0.3 is 0 Å². The number of hydrogen-bond acceptors (Lipinski definition) is 1. The second-order valence-electron chi connectivity index (χ2n) is 6.65. The van der Waals surface area contributed by atoms with Crippen molar-refractivity contribution < 1.29 is 4.79 Å². The van der Waals surface area contributed by atoms with Crippen molar-refractivity contribution in [3.05, 3.63) is 64.4 Å². The number of H-pyrrole nitrogens is 2. The molecule has 2 heterocycles. The fraction of sp³-hybridized carbons (Fsp3) is 0.150. The first-order valence-electron chi connectivity index (χ1n) is 8.66. The Balaban J connectivity index is 1.48. The maximum atomic E-state index is 12.4. The first kappa shape index (κ1) is 16.8. The molecule has 2 aromatic carbocycles. The summed E-state index contributed by atoms with van der Waals surface area (Å²) >= 11 is 6.00. The normalized spacial score (nSPS) is 11.3. The minimum absolute atomic E-state index is 0.106. The van der Waals surface area contributed by atoms with Crippen molar-refractivity contribution in [2.75, 3.05) is 6.54 Å². The maximum Gasteiger partial charge on any atom is 0.267 e. The van der Waals surface area contributed by atoms with E-state index in [1.54, 1.807) is 0 Å². The summed E-state index contributed by atoms with van der Waals surface area (Å²) in [6, 6.07) is 13.7. The van der Waals surface area contributed by atoms with Crippen LogP contribution in [0.1, 0.15) is 21.7 Å². The van der Waals surface area contributed by atoms with Crippen LogP contribution in [0.15, 0.2) is 42.5 Å². The van der Waals surface area contributed by atoms with Gasteiger partial charge in [-0.1, -0.05) is 35.3 Å². The maximum absolute atomic E-state index is 12.4. The third-order valence-corrected chi connectivity index (χ3v) is 5.09. The van der Waals surface area contributed by atoms with Crippen LogP contribution in [0.25, 0.3) is 21.8 Å². The Morgan fingerprint density at radius 3 is 2.88 bits per heavy atom. The summed E-state index contributed by atoms with van der Waals surface area (Å²) < 4.78 is 0. The lowest BCUT2D eigenvalue weighted by Gasteiger charge is -2.05. The zero-order chi connectivity index (χ0) is 18.3. The quantitative estimate of drug-likeness (QED) is 0.480. The monoisotopic (exact) mass is 363 g/mol. The van der Waals surface area contributed by atoms with Gasteiger partial charge in [0.15, 0.2) is 0 Å². The summed E-state index contributed by atoms with van der Waals surface area (Å²) in [6.45, 7) is 2.66. The largest absolute Gasteiger partial charge is 0.359 e. The van der Waals surface area contributed by atoms with Crippen molar-refractivity contribution in [2.45, 2.75) is 13.3 Å². The first-order valence-corrected chi connectivity index (χ1v) is 9.04. The molecule has 0 saturated heterocycles. The molecule has 0 aliphatic carbocycles. The molecule has 1 amide bonds. The van der Waals surface area contributed by atoms with Crippen molar-refractivity contribution in [1.82, 2.24) is 15.3 Å². The number of carbonyl (C=O) groups excluding carboxylic acids is 1. The number of para-hydroxylation sites is 1. The second-order valence-corrected chi connectivity index (χ2v) is 7.08. The molecular weight excluding hydrogens is 345 g/mol. The molecule has 0 atom stereocenters. The molecule has 6 heteroatoms. The predicted molar refractivity (Wildman–Crippen MR) is 111 cm³/mol. The molecule has 0 radical (unpaired) electrons. The van der Waals surface area contributed by atoms with E-state index in [0.29, 0.717) is 17.3 Å². The second kappa shape index (κ2) is 6.58. The summed E-state index contributed by atoms with van der Waals surface area (Å²) in [4.78, 5) is 19.0. The number of aromatic nitrogens is 2. The fourth-order valence-corrected chi connectivity index (χ4v) is 3.67. The number of nitrogens with one attached hydrogen (secondary N) is 3. The number of rotatable bonds is 4. The molecular formula is C20H19BClN3O. The van der Waals surface area contributed by atoms with Crippen LogP contribution in [0.3, 0.4) is 0 Å². The lowest BCUT2D eigenvalue weighted by atomic mass is 9.93. The summed E-state index contributed by atoms with van der Waals surface area (Å²) in [5.41, 5.74) is 6.28. The van der Waals surface area contributed by atoms with Crippen LogP contribution in [-0.2, 0) is 6.42 Å². The highest BCUT2D eigenvalue weighted by atomic mass is 35.5. The molecule has 0 bridgehead atoms. The van der Waals surface area contributed by atoms with Crippen LogP contribution in [0, 0.1) is 6.92 Å². The highest BCUT2D eigenvalue weighted by molar-refractivity contribution is 6.38. The Kier molecular flexibility index (Phi) is 4.25. The average Bonchev–Trinajstić information content (AvgIpc) is 3.17. The molecule has 130 valence electrons. The number of aromatic amines is 2. The van der Waals surface area contributed by atoms with E-state index >= 15 is 0 Å². The van der Waals surface area contributed by atoms with Gasteiger partial charge in [0.1, 0.15) is 13.5 Å². The first-order chi connectivity index (χ1) is 12.5. The van der Waals surface area contributed by atoms with Gasteiger partial charge in [-0.05, 0) is 43.2 Å². The predicted octanol–water partition coefficient (Wildman–Crippen LogP) is 2.84. The summed E-state index contributed by atoms with van der Waals surface area (Å²) in [7, 11) is 2.10. The van der Waals surface area contributed by atoms with Gasteiger partial charge in [-0.3, -0.25) is 4.79 Å². The highest BCUT2D eigenvalue weighted by Crippen LogP contribution is 2.21. The van der Waals surface area contributed by atoms with E-state index in [-0.39, 0.29) is 5.91 Å². The Hall–Kier alpha value is -2.66. The standard InChI is InChI=1S/C20H19BClN3O/c1-11-14(15-3-2-4-16(21)19(15)24-11)7-8-23-20(26)18-10-12-9-13(22)5-6-17(12)25-18/h2-6,9-10,24-25H,7-8,21H2,1H3,(H,23,26). The van der Waals surface area contributed by atoms with Gasteiger partial charge in [0.25, 0.3) is 5.91 Å². The Morgan fingerprint density at radius 2 is 2.04 bits per heavy atom. The van der Waals surface area contributed by atoms with Crippen molar-refractivity contribution in [1.29, 1.82) is 0 Å². The van der Waals surface area contributed by atoms with E-state index in [0.717, 1.165) is 23.0 Å². The van der Waals surface area contributed by atoms with E-state index in [9.17, 15) is 4.79 Å². The van der Waals surface area contributed by atoms with Gasteiger partial charge in [-0.25, -0.2) is 0 Å². The zero-order valence-corrected chi connectivity index (χ0v) is 15.5. The van der Waals surface area contributed by atoms with Gasteiger partial charge in [0.2, 0.25) is 0 Å². The van der Waals surface area contributed by atoms with Gasteiger partial charge in [0, 0.05) is 39.1 Å². The molecule has 4 rings (SSSR count). The molecule has 4 aromatic rings. The van der Waals surface area contributed by atoms with Gasteiger partial charge < -0.3 is 15.3 Å². The third kappa shape index (κ3) is 2.99. The van der Waals surface area contributed by atoms with Crippen LogP contribution in [0.2, 0.25) is 5.02 Å². The molecule has 26 heavy (non-hydrogen) atoms. The number of aryl methyl sites for hydroxylation is 1. The van der Waals surface area contributed by atoms with Crippen molar-refractivity contribution >= 4 is 52.6 Å². The Morgan fingerprint density at radius 1 is 1.19 bits per heavy atom. The van der Waals surface area contributed by atoms with Crippen LogP contribution in [0.5, 0.6) is 0 Å². The molecule has 0 aliphatic heterocycles. The van der Waals surface area contributed by atoms with E-state index < -0.39 is 0 Å². The van der Waals surface area contributed by atoms with Crippen LogP contribution in [-0.4, -0.2) is 30.3 Å². The molecule has 0 saturated carbocycles. The van der Waals surface area contributed by atoms with Crippen molar-refractivity contribution in [3.8, 4) is 0 Å². The number of amides is 1. The minimum atomic E-state index is -0.106. The number of fused-ring (bicyclic) bond motifs is 2. The number of hydrogen-bond donors (Lipinski definition) is 3. The zero-order valence-electron chi connectivity index (χ0n) is 14.7. The van der Waals surface area contributed by atoms with Gasteiger partial charge in [-0.15, -0.1) is 0 Å². The number of benzene rings is 2. The molecule has 0 aliphatic rings. The highest BCUT2D eigenvalue weighted by Gasteiger charge is 2.12. The molecule has 4 nitrogen and oxygen atoms in total. The van der Waals surface area contributed by atoms with E-state index in [1.807, 2.05) is 24.3 Å². The third-order valence-electron chi connectivity index (χ3n) is 4.85. The van der Waals surface area contributed by atoms with E-state index in [4.69, 9.17) is 11.6 Å². The van der Waals surface area contributed by atoms with E-state index in [1.165, 1.54) is 21.9 Å². The van der Waals surface area contributed by atoms with Crippen LogP contribution < -0.4 is 10.8 Å². The summed E-state index contributed by atoms with van der Waals surface area (Å²) in [5, 5.41) is 5.83. The van der Waals surface area contributed by atoms with Gasteiger partial charge in [-0.2, -0.15) is 0 Å². The summed E-state index contributed by atoms with van der Waals surface area (Å²) in [6.07, 6.45) is 0.785. The minimum Gasteiger partial charge on any atom is -0.359 e. The fourth-order valence-electron chi connectivity index (χ4n) is 3.49. The number of halogens is 1. The lowest BCUT2D eigenvalue weighted by molar-refractivity contribution is 0.0950. The molecule has 2 aromatic heterocycles. The molecule has 3 N–H and O–H groups in total. The molecule has 0 unspecified atom stereocenters. The van der Waals surface area contributed by atoms with Crippen molar-refractivity contribution in [2.24, 2.45) is 0 Å². The van der Waals surface area contributed by atoms with Crippen LogP contribution >= 0.6 is 11.6 Å². The smallest absolute Gasteiger partial charge is 0.267 e. The average molecular weight is 364 g/mol. The van der Waals surface area contributed by atoms with Crippen molar-refractivity contribution in [3.63, 3.8) is 0 Å². The molecule has 0 fully saturated rings. The number of carbonyl (C=O) groups is 1. The Labute approximate surface area is 157 Å². The Bertz CT molecular complexity index is 1130. The van der Waals surface area contributed by atoms with Crippen LogP contribution in [0.4, 0.5) is 0 Å². The van der Waals surface area contributed by atoms with E-state index in [2.05, 4.69) is 48.3 Å². The topological polar surface area (TPSA) is 60.7 Å². The lowest BCUT2D eigenvalue weighted by Crippen LogP contribution is -2.26.